The predicted octanol–water partition coefficient (Wildman–Crippen LogP) is 6.94. The van der Waals surface area contributed by atoms with Crippen LogP contribution in [0.2, 0.25) is 0 Å². The van der Waals surface area contributed by atoms with Crippen LogP contribution in [-0.4, -0.2) is 23.1 Å². The van der Waals surface area contributed by atoms with Crippen molar-refractivity contribution in [2.45, 2.75) is 46.6 Å². The van der Waals surface area contributed by atoms with Crippen LogP contribution in [0.1, 0.15) is 55.1 Å². The van der Waals surface area contributed by atoms with Gasteiger partial charge in [0.05, 0.1) is 0 Å². The molecule has 0 radical (unpaired) electrons. The second-order valence-electron chi connectivity index (χ2n) is 8.12. The largest absolute Gasteiger partial charge is 0.322 e. The number of allylic oxidation sites excluding steroid dienone is 6. The van der Waals surface area contributed by atoms with Gasteiger partial charge in [-0.3, -0.25) is 14.8 Å². The Morgan fingerprint density at radius 3 is 2.29 bits per heavy atom. The third-order valence-electron chi connectivity index (χ3n) is 5.32. The van der Waals surface area contributed by atoms with Gasteiger partial charge in [0.2, 0.25) is 0 Å². The van der Waals surface area contributed by atoms with Crippen LogP contribution >= 0.6 is 0 Å². The Balaban J connectivity index is 2.02. The fourth-order valence-electron chi connectivity index (χ4n) is 3.22. The van der Waals surface area contributed by atoms with Crippen molar-refractivity contribution in [3.8, 4) is 0 Å². The lowest BCUT2D eigenvalue weighted by Crippen LogP contribution is -2.17. The molecule has 0 fully saturated rings. The van der Waals surface area contributed by atoms with Crippen LogP contribution < -0.4 is 5.32 Å². The van der Waals surface area contributed by atoms with E-state index in [1.807, 2.05) is 76.2 Å². The molecule has 0 aromatic heterocycles. The average Bonchev–Trinajstić information content (AvgIpc) is 2.84. The Hall–Kier alpha value is -3.54. The molecule has 0 aliphatic carbocycles. The van der Waals surface area contributed by atoms with Gasteiger partial charge < -0.3 is 5.32 Å². The predicted molar refractivity (Wildman–Crippen MR) is 139 cm³/mol. The molecule has 2 aromatic carbocycles. The fraction of sp³-hybridized carbons (Fsp3) is 0.241. The van der Waals surface area contributed by atoms with E-state index in [-0.39, 0.29) is 18.1 Å². The van der Waals surface area contributed by atoms with Gasteiger partial charge in [-0.25, -0.2) is 4.89 Å². The van der Waals surface area contributed by atoms with E-state index in [1.54, 1.807) is 36.4 Å². The molecule has 0 heterocycles. The topological polar surface area (TPSA) is 75.6 Å². The number of rotatable bonds is 11. The number of aryl methyl sites for hydroxylation is 1. The first-order valence-electron chi connectivity index (χ1n) is 11.3. The summed E-state index contributed by atoms with van der Waals surface area (Å²) in [5, 5.41) is 12.0. The molecular formula is C29H33NO4. The molecule has 5 nitrogen and oxygen atoms in total. The first kappa shape index (κ1) is 26.7. The number of nitrogens with one attached hydrogen (secondary N) is 1. The molecule has 0 aliphatic heterocycles. The zero-order valence-corrected chi connectivity index (χ0v) is 20.2. The number of benzene rings is 2. The van der Waals surface area contributed by atoms with Crippen LogP contribution in [0.5, 0.6) is 0 Å². The second-order valence-corrected chi connectivity index (χ2v) is 8.12. The van der Waals surface area contributed by atoms with Crippen LogP contribution in [0.25, 0.3) is 6.08 Å². The minimum Gasteiger partial charge on any atom is -0.322 e. The molecule has 0 bridgehead atoms. The molecule has 2 N–H and O–H groups in total. The summed E-state index contributed by atoms with van der Waals surface area (Å²) in [5.74, 6) is -0.268. The molecule has 2 aromatic rings. The van der Waals surface area contributed by atoms with E-state index >= 15 is 0 Å². The van der Waals surface area contributed by atoms with Crippen molar-refractivity contribution in [2.24, 2.45) is 0 Å². The third kappa shape index (κ3) is 8.77. The number of ketones is 1. The Morgan fingerprint density at radius 2 is 1.71 bits per heavy atom. The second kappa shape index (κ2) is 13.9. The summed E-state index contributed by atoms with van der Waals surface area (Å²) in [7, 11) is 0. The van der Waals surface area contributed by atoms with Crippen molar-refractivity contribution in [1.29, 1.82) is 0 Å². The van der Waals surface area contributed by atoms with Crippen molar-refractivity contribution in [1.82, 2.24) is 0 Å². The van der Waals surface area contributed by atoms with Gasteiger partial charge in [-0.05, 0) is 63.9 Å². The average molecular weight is 460 g/mol. The number of amides is 1. The summed E-state index contributed by atoms with van der Waals surface area (Å²) in [6.07, 6.45) is 10.9. The highest BCUT2D eigenvalue weighted by molar-refractivity contribution is 6.04. The maximum atomic E-state index is 12.7. The number of anilines is 1. The van der Waals surface area contributed by atoms with Crippen LogP contribution in [-0.2, 0) is 9.68 Å². The highest BCUT2D eigenvalue weighted by Gasteiger charge is 2.17. The molecule has 178 valence electrons. The third-order valence-corrected chi connectivity index (χ3v) is 5.32. The lowest BCUT2D eigenvalue weighted by atomic mass is 10.00. The maximum Gasteiger partial charge on any atom is 0.255 e. The van der Waals surface area contributed by atoms with Crippen molar-refractivity contribution in [3.05, 3.63) is 107 Å². The molecule has 0 spiro atoms. The zero-order valence-electron chi connectivity index (χ0n) is 20.2. The molecule has 0 saturated heterocycles. The minimum absolute atomic E-state index is 0.0844. The van der Waals surface area contributed by atoms with Gasteiger partial charge in [-0.1, -0.05) is 71.9 Å². The zero-order chi connectivity index (χ0) is 24.9. The van der Waals surface area contributed by atoms with Gasteiger partial charge in [0.25, 0.3) is 5.91 Å². The summed E-state index contributed by atoms with van der Waals surface area (Å²) in [5.41, 5.74) is 4.91. The lowest BCUT2D eigenvalue weighted by Gasteiger charge is -2.13. The summed E-state index contributed by atoms with van der Waals surface area (Å²) in [6, 6.07) is 14.9. The summed E-state index contributed by atoms with van der Waals surface area (Å²) in [4.78, 5) is 29.6. The standard InChI is InChI=1S/C29H33NO4/c1-5-8-24(28(31)20-27(34-33)19-21(3)6-2)10-7-9-23-13-17-26(18-14-23)30-29(32)25-15-11-22(4)12-16-25/h5-18,27,33H,19-20H2,1-4H3,(H,30,32)/b8-5-,9-7+,21-6+,24-10+. The van der Waals surface area contributed by atoms with Gasteiger partial charge >= 0.3 is 0 Å². The SMILES string of the molecule is C\C=C/C(=C\C=C\c1ccc(NC(=O)c2ccc(C)cc2)cc1)C(=O)CC(C/C(C)=C/C)OO. The highest BCUT2D eigenvalue weighted by Crippen LogP contribution is 2.16. The van der Waals surface area contributed by atoms with E-state index in [0.717, 1.165) is 16.7 Å². The Kier molecular flexibility index (Phi) is 10.9. The van der Waals surface area contributed by atoms with Crippen molar-refractivity contribution in [2.75, 3.05) is 5.32 Å². The Bertz CT molecular complexity index is 1070. The van der Waals surface area contributed by atoms with E-state index in [0.29, 0.717) is 23.2 Å². The summed E-state index contributed by atoms with van der Waals surface area (Å²) < 4.78 is 0. The number of carbonyl (C=O) groups excluding carboxylic acids is 2. The quantitative estimate of drug-likeness (QED) is 0.125. The minimum atomic E-state index is -0.580. The van der Waals surface area contributed by atoms with Gasteiger partial charge in [0, 0.05) is 23.2 Å². The molecule has 2 rings (SSSR count). The van der Waals surface area contributed by atoms with E-state index in [1.165, 1.54) is 0 Å². The summed E-state index contributed by atoms with van der Waals surface area (Å²) in [6.45, 7) is 7.67. The van der Waals surface area contributed by atoms with Gasteiger partial charge in [0.15, 0.2) is 5.78 Å². The molecular weight excluding hydrogens is 426 g/mol. The van der Waals surface area contributed by atoms with Crippen LogP contribution in [0.4, 0.5) is 5.69 Å². The molecule has 1 atom stereocenters. The van der Waals surface area contributed by atoms with Gasteiger partial charge in [-0.15, -0.1) is 0 Å². The van der Waals surface area contributed by atoms with Crippen LogP contribution in [0.3, 0.4) is 0 Å². The van der Waals surface area contributed by atoms with Crippen molar-refractivity contribution in [3.63, 3.8) is 0 Å². The lowest BCUT2D eigenvalue weighted by molar-refractivity contribution is -0.277. The number of Topliss-reactive ketones (excluding diaryl/α,β-unsaturated/α-hetero) is 1. The summed E-state index contributed by atoms with van der Waals surface area (Å²) >= 11 is 0. The smallest absolute Gasteiger partial charge is 0.255 e. The van der Waals surface area contributed by atoms with E-state index < -0.39 is 6.10 Å². The molecule has 0 aliphatic rings. The number of hydrogen-bond donors (Lipinski definition) is 2. The van der Waals surface area contributed by atoms with E-state index in [2.05, 4.69) is 10.2 Å². The monoisotopic (exact) mass is 459 g/mol. The van der Waals surface area contributed by atoms with E-state index in [9.17, 15) is 9.59 Å². The van der Waals surface area contributed by atoms with Crippen LogP contribution in [0, 0.1) is 6.92 Å². The van der Waals surface area contributed by atoms with Gasteiger partial charge in [0.1, 0.15) is 6.10 Å². The molecule has 1 unspecified atom stereocenters. The van der Waals surface area contributed by atoms with Crippen molar-refractivity contribution >= 4 is 23.5 Å². The maximum absolute atomic E-state index is 12.7. The fourth-order valence-corrected chi connectivity index (χ4v) is 3.22. The molecule has 5 heteroatoms. The highest BCUT2D eigenvalue weighted by atomic mass is 17.1. The van der Waals surface area contributed by atoms with E-state index in [4.69, 9.17) is 5.26 Å². The first-order valence-corrected chi connectivity index (χ1v) is 11.3. The molecule has 0 saturated carbocycles. The molecule has 34 heavy (non-hydrogen) atoms. The first-order chi connectivity index (χ1) is 16.4. The number of carbonyl (C=O) groups is 2. The number of hydrogen-bond acceptors (Lipinski definition) is 4. The normalized spacial score (nSPS) is 13.4. The Labute approximate surface area is 202 Å². The van der Waals surface area contributed by atoms with Crippen molar-refractivity contribution < 1.29 is 19.7 Å². The van der Waals surface area contributed by atoms with Gasteiger partial charge in [-0.2, -0.15) is 0 Å². The van der Waals surface area contributed by atoms with Crippen LogP contribution in [0.15, 0.2) is 90.1 Å². The Morgan fingerprint density at radius 1 is 1.03 bits per heavy atom. The molecule has 1 amide bonds.